The minimum atomic E-state index is -0.409. The molecule has 22 heavy (non-hydrogen) atoms. The largest absolute Gasteiger partial charge is 0.355 e. The summed E-state index contributed by atoms with van der Waals surface area (Å²) >= 11 is 0. The molecule has 5 heteroatoms. The van der Waals surface area contributed by atoms with Crippen LogP contribution in [0.4, 0.5) is 10.1 Å². The van der Waals surface area contributed by atoms with Crippen molar-refractivity contribution in [1.82, 2.24) is 5.16 Å². The lowest BCUT2D eigenvalue weighted by Crippen LogP contribution is -2.12. The fourth-order valence-corrected chi connectivity index (χ4v) is 1.96. The first-order chi connectivity index (χ1) is 10.6. The van der Waals surface area contributed by atoms with Crippen molar-refractivity contribution in [3.8, 4) is 11.3 Å². The minimum Gasteiger partial charge on any atom is -0.355 e. The number of rotatable bonds is 3. The van der Waals surface area contributed by atoms with E-state index in [1.165, 1.54) is 24.3 Å². The highest BCUT2D eigenvalue weighted by atomic mass is 19.1. The van der Waals surface area contributed by atoms with Gasteiger partial charge in [0.1, 0.15) is 5.82 Å². The van der Waals surface area contributed by atoms with Crippen LogP contribution >= 0.6 is 0 Å². The van der Waals surface area contributed by atoms with E-state index in [0.717, 1.165) is 11.1 Å². The maximum Gasteiger partial charge on any atom is 0.277 e. The molecule has 0 spiro atoms. The molecule has 0 radical (unpaired) electrons. The molecule has 0 aliphatic rings. The van der Waals surface area contributed by atoms with E-state index in [-0.39, 0.29) is 11.5 Å². The third-order valence-electron chi connectivity index (χ3n) is 3.18. The van der Waals surface area contributed by atoms with Crippen molar-refractivity contribution in [2.24, 2.45) is 0 Å². The number of hydrogen-bond donors (Lipinski definition) is 1. The molecule has 0 bridgehead atoms. The number of carbonyl (C=O) groups is 1. The Bertz CT molecular complexity index is 792. The third kappa shape index (κ3) is 3.03. The van der Waals surface area contributed by atoms with Crippen LogP contribution in [0.2, 0.25) is 0 Å². The molecule has 0 saturated carbocycles. The Kier molecular flexibility index (Phi) is 3.70. The van der Waals surface area contributed by atoms with Crippen molar-refractivity contribution in [1.29, 1.82) is 0 Å². The number of aryl methyl sites for hydroxylation is 1. The standard InChI is InChI=1S/C17H13FN2O2/c1-11-2-4-12(5-3-11)16-10-15(20-22-16)17(21)19-14-8-6-13(18)7-9-14/h2-10H,1H3,(H,19,21). The van der Waals surface area contributed by atoms with Gasteiger partial charge in [0.15, 0.2) is 11.5 Å². The monoisotopic (exact) mass is 296 g/mol. The van der Waals surface area contributed by atoms with Crippen LogP contribution in [0, 0.1) is 12.7 Å². The van der Waals surface area contributed by atoms with Crippen molar-refractivity contribution in [2.75, 3.05) is 5.32 Å². The predicted octanol–water partition coefficient (Wildman–Crippen LogP) is 4.04. The van der Waals surface area contributed by atoms with Crippen LogP contribution in [-0.2, 0) is 0 Å². The number of benzene rings is 2. The molecule has 0 unspecified atom stereocenters. The predicted molar refractivity (Wildman–Crippen MR) is 81.0 cm³/mol. The number of aromatic nitrogens is 1. The van der Waals surface area contributed by atoms with E-state index in [4.69, 9.17) is 4.52 Å². The molecule has 0 atom stereocenters. The van der Waals surface area contributed by atoms with Crippen LogP contribution in [0.5, 0.6) is 0 Å². The second kappa shape index (κ2) is 5.81. The Morgan fingerprint density at radius 2 is 1.77 bits per heavy atom. The zero-order valence-electron chi connectivity index (χ0n) is 11.8. The van der Waals surface area contributed by atoms with Crippen molar-refractivity contribution in [3.05, 3.63) is 71.7 Å². The van der Waals surface area contributed by atoms with E-state index in [1.807, 2.05) is 31.2 Å². The quantitative estimate of drug-likeness (QED) is 0.793. The van der Waals surface area contributed by atoms with Crippen LogP contribution in [0.3, 0.4) is 0 Å². The van der Waals surface area contributed by atoms with E-state index in [2.05, 4.69) is 10.5 Å². The van der Waals surface area contributed by atoms with Crippen molar-refractivity contribution >= 4 is 11.6 Å². The van der Waals surface area contributed by atoms with Gasteiger partial charge < -0.3 is 9.84 Å². The van der Waals surface area contributed by atoms with E-state index < -0.39 is 5.91 Å². The molecule has 0 fully saturated rings. The van der Waals surface area contributed by atoms with Gasteiger partial charge in [0.2, 0.25) is 0 Å². The fraction of sp³-hybridized carbons (Fsp3) is 0.0588. The summed E-state index contributed by atoms with van der Waals surface area (Å²) in [6, 6.07) is 14.8. The maximum atomic E-state index is 12.8. The van der Waals surface area contributed by atoms with E-state index in [0.29, 0.717) is 11.4 Å². The van der Waals surface area contributed by atoms with Gasteiger partial charge in [-0.05, 0) is 31.2 Å². The number of halogens is 1. The normalized spacial score (nSPS) is 10.5. The van der Waals surface area contributed by atoms with Crippen LogP contribution < -0.4 is 5.32 Å². The van der Waals surface area contributed by atoms with Crippen LogP contribution in [0.15, 0.2) is 59.1 Å². The summed E-state index contributed by atoms with van der Waals surface area (Å²) in [6.45, 7) is 1.99. The summed E-state index contributed by atoms with van der Waals surface area (Å²) < 4.78 is 18.0. The van der Waals surface area contributed by atoms with Gasteiger partial charge in [-0.2, -0.15) is 0 Å². The first-order valence-electron chi connectivity index (χ1n) is 6.72. The molecule has 0 saturated heterocycles. The Morgan fingerprint density at radius 1 is 1.09 bits per heavy atom. The van der Waals surface area contributed by atoms with Crippen LogP contribution in [0.25, 0.3) is 11.3 Å². The van der Waals surface area contributed by atoms with Crippen molar-refractivity contribution in [3.63, 3.8) is 0 Å². The topological polar surface area (TPSA) is 55.1 Å². The van der Waals surface area contributed by atoms with Crippen molar-refractivity contribution < 1.29 is 13.7 Å². The molecule has 1 heterocycles. The molecule has 0 aliphatic heterocycles. The molecule has 2 aromatic carbocycles. The summed E-state index contributed by atoms with van der Waals surface area (Å²) in [7, 11) is 0. The minimum absolute atomic E-state index is 0.167. The molecule has 0 aliphatic carbocycles. The molecule has 1 amide bonds. The summed E-state index contributed by atoms with van der Waals surface area (Å²) in [5, 5.41) is 6.40. The first kappa shape index (κ1) is 14.0. The SMILES string of the molecule is Cc1ccc(-c2cc(C(=O)Nc3ccc(F)cc3)no2)cc1. The molecule has 3 aromatic rings. The number of anilines is 1. The zero-order chi connectivity index (χ0) is 15.5. The highest BCUT2D eigenvalue weighted by Crippen LogP contribution is 2.21. The summed E-state index contributed by atoms with van der Waals surface area (Å²) in [5.41, 5.74) is 2.64. The Hall–Kier alpha value is -2.95. The van der Waals surface area contributed by atoms with Gasteiger partial charge in [-0.3, -0.25) is 4.79 Å². The summed E-state index contributed by atoms with van der Waals surface area (Å²) in [6.07, 6.45) is 0. The van der Waals surface area contributed by atoms with Gasteiger partial charge in [0.05, 0.1) is 0 Å². The molecular weight excluding hydrogens is 283 g/mol. The van der Waals surface area contributed by atoms with E-state index in [1.54, 1.807) is 6.07 Å². The molecule has 3 rings (SSSR count). The highest BCUT2D eigenvalue weighted by molar-refractivity contribution is 6.03. The second-order valence-corrected chi connectivity index (χ2v) is 4.90. The zero-order valence-corrected chi connectivity index (χ0v) is 11.8. The summed E-state index contributed by atoms with van der Waals surface area (Å²) in [5.74, 6) is -0.251. The van der Waals surface area contributed by atoms with Crippen LogP contribution in [0.1, 0.15) is 16.1 Å². The van der Waals surface area contributed by atoms with Crippen LogP contribution in [-0.4, -0.2) is 11.1 Å². The second-order valence-electron chi connectivity index (χ2n) is 4.90. The third-order valence-corrected chi connectivity index (χ3v) is 3.18. The van der Waals surface area contributed by atoms with Gasteiger partial charge in [0.25, 0.3) is 5.91 Å². The van der Waals surface area contributed by atoms with E-state index >= 15 is 0 Å². The molecule has 1 N–H and O–H groups in total. The average Bonchev–Trinajstić information content (AvgIpc) is 3.00. The maximum absolute atomic E-state index is 12.8. The fourth-order valence-electron chi connectivity index (χ4n) is 1.96. The molecular formula is C17H13FN2O2. The van der Waals surface area contributed by atoms with Gasteiger partial charge >= 0.3 is 0 Å². The average molecular weight is 296 g/mol. The lowest BCUT2D eigenvalue weighted by molar-refractivity contribution is 0.101. The number of hydrogen-bond acceptors (Lipinski definition) is 3. The number of carbonyl (C=O) groups excluding carboxylic acids is 1. The Morgan fingerprint density at radius 3 is 2.45 bits per heavy atom. The first-order valence-corrected chi connectivity index (χ1v) is 6.72. The van der Waals surface area contributed by atoms with Crippen molar-refractivity contribution in [2.45, 2.75) is 6.92 Å². The highest BCUT2D eigenvalue weighted by Gasteiger charge is 2.13. The Labute approximate surface area is 126 Å². The van der Waals surface area contributed by atoms with E-state index in [9.17, 15) is 9.18 Å². The van der Waals surface area contributed by atoms with Gasteiger partial charge in [-0.25, -0.2) is 4.39 Å². The van der Waals surface area contributed by atoms with Gasteiger partial charge in [0, 0.05) is 17.3 Å². The molecule has 1 aromatic heterocycles. The lowest BCUT2D eigenvalue weighted by atomic mass is 10.1. The number of nitrogens with zero attached hydrogens (tertiary/aromatic N) is 1. The molecule has 110 valence electrons. The smallest absolute Gasteiger partial charge is 0.277 e. The summed E-state index contributed by atoms with van der Waals surface area (Å²) in [4.78, 5) is 12.1. The number of nitrogens with one attached hydrogen (secondary N) is 1. The van der Waals surface area contributed by atoms with Gasteiger partial charge in [-0.1, -0.05) is 35.0 Å². The van der Waals surface area contributed by atoms with Gasteiger partial charge in [-0.15, -0.1) is 0 Å². The molecule has 4 nitrogen and oxygen atoms in total. The number of amides is 1. The lowest BCUT2D eigenvalue weighted by Gasteiger charge is -2.01. The Balaban J connectivity index is 1.76.